The van der Waals surface area contributed by atoms with Gasteiger partial charge in [0.05, 0.1) is 17.4 Å². The number of hydrogen-bond donors (Lipinski definition) is 2. The van der Waals surface area contributed by atoms with E-state index in [1.165, 1.54) is 6.07 Å². The first-order valence-electron chi connectivity index (χ1n) is 7.55. The molecule has 5 nitrogen and oxygen atoms in total. The van der Waals surface area contributed by atoms with Crippen LogP contribution < -0.4 is 11.1 Å². The van der Waals surface area contributed by atoms with Gasteiger partial charge in [-0.1, -0.05) is 18.2 Å². The Morgan fingerprint density at radius 2 is 1.96 bits per heavy atom. The van der Waals surface area contributed by atoms with Crippen molar-refractivity contribution in [2.24, 2.45) is 5.73 Å². The molecule has 138 valence electrons. The van der Waals surface area contributed by atoms with Gasteiger partial charge in [0.15, 0.2) is 5.69 Å². The van der Waals surface area contributed by atoms with E-state index < -0.39 is 23.3 Å². The fourth-order valence-corrected chi connectivity index (χ4v) is 2.34. The number of rotatable bonds is 6. The summed E-state index contributed by atoms with van der Waals surface area (Å²) in [5.41, 5.74) is 4.69. The van der Waals surface area contributed by atoms with Crippen molar-refractivity contribution in [3.63, 3.8) is 0 Å². The number of benzene rings is 1. The van der Waals surface area contributed by atoms with Crippen LogP contribution >= 0.6 is 12.4 Å². The highest BCUT2D eigenvalue weighted by Crippen LogP contribution is 2.34. The van der Waals surface area contributed by atoms with Crippen molar-refractivity contribution >= 4 is 18.3 Å². The van der Waals surface area contributed by atoms with Crippen molar-refractivity contribution in [2.75, 3.05) is 13.1 Å². The number of alkyl halides is 3. The average Bonchev–Trinajstić information content (AvgIpc) is 2.97. The molecular weight excluding hydrogens is 357 g/mol. The third-order valence-corrected chi connectivity index (χ3v) is 3.54. The number of nitrogens with two attached hydrogens (primary N) is 1. The maximum absolute atomic E-state index is 13.5. The minimum absolute atomic E-state index is 0. The molecule has 3 N–H and O–H groups in total. The Balaban J connectivity index is 0.00000312. The molecule has 0 aliphatic rings. The summed E-state index contributed by atoms with van der Waals surface area (Å²) >= 11 is 0. The summed E-state index contributed by atoms with van der Waals surface area (Å²) in [7, 11) is 0. The average molecular weight is 377 g/mol. The van der Waals surface area contributed by atoms with E-state index >= 15 is 0 Å². The number of aryl methyl sites for hydroxylation is 1. The molecule has 0 radical (unpaired) electrons. The molecule has 0 spiro atoms. The van der Waals surface area contributed by atoms with Gasteiger partial charge in [-0.05, 0) is 37.9 Å². The Hall–Kier alpha value is -2.06. The normalized spacial score (nSPS) is 11.1. The van der Waals surface area contributed by atoms with E-state index in [1.54, 1.807) is 25.1 Å². The highest BCUT2D eigenvalue weighted by atomic mass is 35.5. The molecule has 0 bridgehead atoms. The summed E-state index contributed by atoms with van der Waals surface area (Å²) in [5, 5.41) is 6.27. The molecule has 9 heteroatoms. The van der Waals surface area contributed by atoms with Crippen LogP contribution in [0.2, 0.25) is 0 Å². The van der Waals surface area contributed by atoms with Crippen molar-refractivity contribution < 1.29 is 18.0 Å². The number of hydrogen-bond acceptors (Lipinski definition) is 3. The Morgan fingerprint density at radius 3 is 2.56 bits per heavy atom. The SMILES string of the molecule is Cc1ccccc1-n1ncc(C(=O)NCCCCN)c1C(F)(F)F.Cl. The summed E-state index contributed by atoms with van der Waals surface area (Å²) in [6, 6.07) is 6.56. The van der Waals surface area contributed by atoms with E-state index in [9.17, 15) is 18.0 Å². The highest BCUT2D eigenvalue weighted by molar-refractivity contribution is 5.95. The zero-order chi connectivity index (χ0) is 17.7. The standard InChI is InChI=1S/C16H19F3N4O.ClH/c1-11-6-2-3-7-13(11)23-14(16(17,18)19)12(10-22-23)15(24)21-9-5-4-8-20;/h2-3,6-7,10H,4-5,8-9,20H2,1H3,(H,21,24);1H. The molecule has 1 aromatic heterocycles. The van der Waals surface area contributed by atoms with Crippen LogP contribution in [-0.2, 0) is 6.18 Å². The van der Waals surface area contributed by atoms with Crippen molar-refractivity contribution in [3.8, 4) is 5.69 Å². The molecule has 25 heavy (non-hydrogen) atoms. The first-order valence-corrected chi connectivity index (χ1v) is 7.55. The maximum Gasteiger partial charge on any atom is 0.434 e. The third-order valence-electron chi connectivity index (χ3n) is 3.54. The van der Waals surface area contributed by atoms with Gasteiger partial charge < -0.3 is 11.1 Å². The summed E-state index contributed by atoms with van der Waals surface area (Å²) in [4.78, 5) is 12.1. The minimum atomic E-state index is -4.71. The van der Waals surface area contributed by atoms with Gasteiger partial charge in [-0.25, -0.2) is 4.68 Å². The van der Waals surface area contributed by atoms with Crippen molar-refractivity contribution in [1.82, 2.24) is 15.1 Å². The number of nitrogens with one attached hydrogen (secondary N) is 1. The zero-order valence-corrected chi connectivity index (χ0v) is 14.5. The van der Waals surface area contributed by atoms with Gasteiger partial charge >= 0.3 is 6.18 Å². The predicted molar refractivity (Wildman–Crippen MR) is 91.2 cm³/mol. The summed E-state index contributed by atoms with van der Waals surface area (Å²) in [5.74, 6) is -0.792. The number of para-hydroxylation sites is 1. The lowest BCUT2D eigenvalue weighted by Crippen LogP contribution is -2.27. The number of carbonyl (C=O) groups is 1. The Bertz CT molecular complexity index is 716. The predicted octanol–water partition coefficient (Wildman–Crippen LogP) is 3.09. The van der Waals surface area contributed by atoms with Gasteiger partial charge in [-0.3, -0.25) is 4.79 Å². The van der Waals surface area contributed by atoms with Gasteiger partial charge in [0.1, 0.15) is 0 Å². The molecule has 0 aliphatic carbocycles. The second-order valence-corrected chi connectivity index (χ2v) is 5.35. The van der Waals surface area contributed by atoms with Crippen LogP contribution in [-0.4, -0.2) is 28.8 Å². The van der Waals surface area contributed by atoms with Crippen molar-refractivity contribution in [2.45, 2.75) is 25.9 Å². The van der Waals surface area contributed by atoms with E-state index in [4.69, 9.17) is 5.73 Å². The number of halogens is 4. The van der Waals surface area contributed by atoms with Crippen LogP contribution in [0.1, 0.15) is 34.5 Å². The molecule has 1 heterocycles. The summed E-state index contributed by atoms with van der Waals surface area (Å²) < 4.78 is 41.3. The molecule has 0 fully saturated rings. The van der Waals surface area contributed by atoms with Crippen molar-refractivity contribution in [3.05, 3.63) is 47.3 Å². The fraction of sp³-hybridized carbons (Fsp3) is 0.375. The monoisotopic (exact) mass is 376 g/mol. The quantitative estimate of drug-likeness (QED) is 0.761. The lowest BCUT2D eigenvalue weighted by Gasteiger charge is -2.14. The van der Waals surface area contributed by atoms with E-state index in [0.29, 0.717) is 24.9 Å². The first-order chi connectivity index (χ1) is 11.4. The maximum atomic E-state index is 13.5. The second-order valence-electron chi connectivity index (χ2n) is 5.35. The Labute approximate surface area is 149 Å². The smallest absolute Gasteiger partial charge is 0.352 e. The van der Waals surface area contributed by atoms with Crippen LogP contribution in [0.25, 0.3) is 5.69 Å². The Kier molecular flexibility index (Phi) is 7.44. The third kappa shape index (κ3) is 4.96. The topological polar surface area (TPSA) is 72.9 Å². The number of unbranched alkanes of at least 4 members (excludes halogenated alkanes) is 1. The highest BCUT2D eigenvalue weighted by Gasteiger charge is 2.40. The molecule has 1 aromatic carbocycles. The van der Waals surface area contributed by atoms with Gasteiger partial charge in [0.25, 0.3) is 5.91 Å². The van der Waals surface area contributed by atoms with Crippen LogP contribution in [0.5, 0.6) is 0 Å². The van der Waals surface area contributed by atoms with Gasteiger partial charge in [-0.15, -0.1) is 12.4 Å². The van der Waals surface area contributed by atoms with E-state index in [1.807, 2.05) is 0 Å². The number of amides is 1. The van der Waals surface area contributed by atoms with Crippen LogP contribution in [0.4, 0.5) is 13.2 Å². The fourth-order valence-electron chi connectivity index (χ4n) is 2.34. The van der Waals surface area contributed by atoms with Gasteiger partial charge in [-0.2, -0.15) is 18.3 Å². The summed E-state index contributed by atoms with van der Waals surface area (Å²) in [6.07, 6.45) is -2.46. The second kappa shape index (κ2) is 8.87. The molecule has 2 rings (SSSR count). The van der Waals surface area contributed by atoms with Gasteiger partial charge in [0.2, 0.25) is 0 Å². The lowest BCUT2D eigenvalue weighted by atomic mass is 10.1. The van der Waals surface area contributed by atoms with E-state index in [2.05, 4.69) is 10.4 Å². The number of nitrogens with zero attached hydrogens (tertiary/aromatic N) is 2. The molecule has 2 aromatic rings. The molecular formula is C16H20ClF3N4O. The van der Waals surface area contributed by atoms with Crippen LogP contribution in [0.15, 0.2) is 30.5 Å². The molecule has 0 unspecified atom stereocenters. The van der Waals surface area contributed by atoms with Crippen molar-refractivity contribution in [1.29, 1.82) is 0 Å². The molecule has 0 saturated carbocycles. The summed E-state index contributed by atoms with van der Waals surface area (Å²) in [6.45, 7) is 2.42. The molecule has 0 aliphatic heterocycles. The minimum Gasteiger partial charge on any atom is -0.352 e. The van der Waals surface area contributed by atoms with E-state index in [-0.39, 0.29) is 24.6 Å². The molecule has 0 saturated heterocycles. The van der Waals surface area contributed by atoms with Crippen LogP contribution in [0, 0.1) is 6.92 Å². The molecule has 1 amide bonds. The number of aromatic nitrogens is 2. The van der Waals surface area contributed by atoms with Crippen LogP contribution in [0.3, 0.4) is 0 Å². The Morgan fingerprint density at radius 1 is 1.28 bits per heavy atom. The number of carbonyl (C=O) groups excluding carboxylic acids is 1. The van der Waals surface area contributed by atoms with E-state index in [0.717, 1.165) is 10.9 Å². The lowest BCUT2D eigenvalue weighted by molar-refractivity contribution is -0.143. The zero-order valence-electron chi connectivity index (χ0n) is 13.6. The first kappa shape index (κ1) is 21.0. The molecule has 0 atom stereocenters. The van der Waals surface area contributed by atoms with Gasteiger partial charge in [0, 0.05) is 6.54 Å². The largest absolute Gasteiger partial charge is 0.434 e.